The predicted molar refractivity (Wildman–Crippen MR) is 158 cm³/mol. The third-order valence-electron chi connectivity index (χ3n) is 8.78. The summed E-state index contributed by atoms with van der Waals surface area (Å²) in [5.41, 5.74) is -0.283. The van der Waals surface area contributed by atoms with E-state index in [1.165, 1.54) is 19.3 Å². The molecule has 7 nitrogen and oxygen atoms in total. The molecule has 2 heterocycles. The Morgan fingerprint density at radius 2 is 1.00 bits per heavy atom. The molecule has 2 atom stereocenters. The van der Waals surface area contributed by atoms with Gasteiger partial charge in [-0.3, -0.25) is 14.5 Å². The van der Waals surface area contributed by atoms with Gasteiger partial charge >= 0.3 is 11.9 Å². The van der Waals surface area contributed by atoms with E-state index in [1.807, 2.05) is 13.8 Å². The first-order valence-corrected chi connectivity index (χ1v) is 15.6. The number of nitrogens with zero attached hydrogens (tertiary/aromatic N) is 1. The summed E-state index contributed by atoms with van der Waals surface area (Å²) < 4.78 is 12.2. The minimum atomic E-state index is -0.248. The number of esters is 2. The molecule has 2 unspecified atom stereocenters. The molecule has 226 valence electrons. The van der Waals surface area contributed by atoms with E-state index < -0.39 is 0 Å². The molecule has 0 aromatic carbocycles. The summed E-state index contributed by atoms with van der Waals surface area (Å²) in [6.45, 7) is 22.6. The number of hydrogen-bond donors (Lipinski definition) is 2. The number of nitrogens with one attached hydrogen (secondary N) is 2. The van der Waals surface area contributed by atoms with E-state index in [0.717, 1.165) is 38.5 Å². The maximum atomic E-state index is 13.3. The van der Waals surface area contributed by atoms with Gasteiger partial charge < -0.3 is 20.1 Å². The molecular formula is C32H59N3O4. The number of hydrogen-bond acceptors (Lipinski definition) is 7. The lowest BCUT2D eigenvalue weighted by molar-refractivity contribution is -0.159. The Kier molecular flexibility index (Phi) is 10.2. The lowest BCUT2D eigenvalue weighted by Crippen LogP contribution is -2.60. The van der Waals surface area contributed by atoms with E-state index in [1.54, 1.807) is 0 Å². The number of carbonyl (C=O) groups is 2. The van der Waals surface area contributed by atoms with Crippen LogP contribution in [0.15, 0.2) is 0 Å². The summed E-state index contributed by atoms with van der Waals surface area (Å²) in [7, 11) is 0. The summed E-state index contributed by atoms with van der Waals surface area (Å²) in [6, 6.07) is 0.401. The van der Waals surface area contributed by atoms with Crippen molar-refractivity contribution in [3.63, 3.8) is 0 Å². The van der Waals surface area contributed by atoms with Gasteiger partial charge in [0.1, 0.15) is 12.2 Å². The van der Waals surface area contributed by atoms with Crippen LogP contribution in [0.1, 0.15) is 127 Å². The predicted octanol–water partition coefficient (Wildman–Crippen LogP) is 5.60. The van der Waals surface area contributed by atoms with Crippen molar-refractivity contribution in [2.75, 3.05) is 13.1 Å². The summed E-state index contributed by atoms with van der Waals surface area (Å²) in [5.74, 6) is -0.739. The van der Waals surface area contributed by atoms with Gasteiger partial charge in [-0.1, -0.05) is 33.1 Å². The van der Waals surface area contributed by atoms with Gasteiger partial charge in [0.05, 0.1) is 11.8 Å². The van der Waals surface area contributed by atoms with Gasteiger partial charge in [-0.25, -0.2) is 0 Å². The molecule has 3 fully saturated rings. The zero-order valence-corrected chi connectivity index (χ0v) is 26.7. The second-order valence-corrected chi connectivity index (χ2v) is 15.8. The zero-order valence-electron chi connectivity index (χ0n) is 26.7. The molecule has 2 N–H and O–H groups in total. The Labute approximate surface area is 238 Å². The van der Waals surface area contributed by atoms with Crippen molar-refractivity contribution in [1.29, 1.82) is 0 Å². The van der Waals surface area contributed by atoms with Gasteiger partial charge in [0.25, 0.3) is 0 Å². The number of piperidine rings is 2. The third kappa shape index (κ3) is 10.00. The first-order chi connectivity index (χ1) is 17.9. The van der Waals surface area contributed by atoms with Crippen LogP contribution >= 0.6 is 0 Å². The second kappa shape index (κ2) is 12.4. The normalized spacial score (nSPS) is 27.1. The molecule has 3 aliphatic rings. The van der Waals surface area contributed by atoms with Gasteiger partial charge in [-0.2, -0.15) is 0 Å². The molecule has 1 aliphatic carbocycles. The maximum Gasteiger partial charge on any atom is 0.310 e. The van der Waals surface area contributed by atoms with E-state index in [2.05, 4.69) is 70.9 Å². The van der Waals surface area contributed by atoms with E-state index in [-0.39, 0.29) is 58.1 Å². The monoisotopic (exact) mass is 549 g/mol. The lowest BCUT2D eigenvalue weighted by Gasteiger charge is -2.46. The Morgan fingerprint density at radius 1 is 0.667 bits per heavy atom. The fraction of sp³-hybridized carbons (Fsp3) is 0.938. The highest BCUT2D eigenvalue weighted by molar-refractivity contribution is 5.73. The van der Waals surface area contributed by atoms with Crippen LogP contribution in [-0.4, -0.2) is 70.3 Å². The van der Waals surface area contributed by atoms with Crippen molar-refractivity contribution < 1.29 is 19.1 Å². The first kappa shape index (κ1) is 32.3. The van der Waals surface area contributed by atoms with Crippen molar-refractivity contribution in [1.82, 2.24) is 15.5 Å². The van der Waals surface area contributed by atoms with Crippen molar-refractivity contribution in [2.24, 2.45) is 11.8 Å². The van der Waals surface area contributed by atoms with Crippen LogP contribution in [0.2, 0.25) is 0 Å². The minimum Gasteiger partial charge on any atom is -0.462 e. The largest absolute Gasteiger partial charge is 0.462 e. The molecule has 0 aromatic rings. The second-order valence-electron chi connectivity index (χ2n) is 15.8. The SMILES string of the molecule is CC(CN(CC(C)C(=O)OC1CC(C)(C)NC(C)(C)C1)C1CCCCC1)C(=O)OC1CC(C)(C)NC(C)(C)C1. The van der Waals surface area contributed by atoms with Gasteiger partial charge in [0, 0.05) is 67.0 Å². The molecule has 0 spiro atoms. The summed E-state index contributed by atoms with van der Waals surface area (Å²) >= 11 is 0. The molecule has 2 aliphatic heterocycles. The lowest BCUT2D eigenvalue weighted by atomic mass is 9.81. The molecule has 1 saturated carbocycles. The summed E-state index contributed by atoms with van der Waals surface area (Å²) in [6.07, 6.45) is 9.01. The highest BCUT2D eigenvalue weighted by Crippen LogP contribution is 2.33. The topological polar surface area (TPSA) is 79.9 Å². The van der Waals surface area contributed by atoms with Gasteiger partial charge in [-0.15, -0.1) is 0 Å². The Bertz CT molecular complexity index is 754. The van der Waals surface area contributed by atoms with E-state index in [4.69, 9.17) is 9.47 Å². The number of ether oxygens (including phenoxy) is 2. The molecule has 0 radical (unpaired) electrons. The molecule has 7 heteroatoms. The summed E-state index contributed by atoms with van der Waals surface area (Å²) in [4.78, 5) is 29.0. The molecule has 39 heavy (non-hydrogen) atoms. The third-order valence-corrected chi connectivity index (χ3v) is 8.78. The van der Waals surface area contributed by atoms with Crippen LogP contribution in [0.25, 0.3) is 0 Å². The van der Waals surface area contributed by atoms with Crippen LogP contribution < -0.4 is 10.6 Å². The van der Waals surface area contributed by atoms with E-state index in [9.17, 15) is 9.59 Å². The molecule has 0 aromatic heterocycles. The zero-order chi connectivity index (χ0) is 29.2. The molecule has 3 rings (SSSR count). The standard InChI is InChI=1S/C32H59N3O4/c1-22(27(36)38-25-16-29(3,4)33-30(5,6)17-25)20-35(24-14-12-11-13-15-24)21-23(2)28(37)39-26-18-31(7,8)34-32(9,10)19-26/h22-26,33-34H,11-21H2,1-10H3. The molecule has 0 bridgehead atoms. The smallest absolute Gasteiger partial charge is 0.310 e. The van der Waals surface area contributed by atoms with Crippen molar-refractivity contribution >= 4 is 11.9 Å². The fourth-order valence-corrected chi connectivity index (χ4v) is 7.86. The van der Waals surface area contributed by atoms with Crippen LogP contribution in [0.4, 0.5) is 0 Å². The quantitative estimate of drug-likeness (QED) is 0.363. The van der Waals surface area contributed by atoms with Crippen LogP contribution in [0, 0.1) is 11.8 Å². The van der Waals surface area contributed by atoms with Crippen molar-refractivity contribution in [3.8, 4) is 0 Å². The van der Waals surface area contributed by atoms with E-state index in [0.29, 0.717) is 19.1 Å². The fourth-order valence-electron chi connectivity index (χ4n) is 7.86. The number of carbonyl (C=O) groups excluding carboxylic acids is 2. The highest BCUT2D eigenvalue weighted by atomic mass is 16.5. The highest BCUT2D eigenvalue weighted by Gasteiger charge is 2.41. The van der Waals surface area contributed by atoms with Crippen molar-refractivity contribution in [3.05, 3.63) is 0 Å². The average Bonchev–Trinajstić information content (AvgIpc) is 2.74. The maximum absolute atomic E-state index is 13.3. The minimum absolute atomic E-state index is 0.0707. The molecule has 2 saturated heterocycles. The van der Waals surface area contributed by atoms with Gasteiger partial charge in [-0.05, 0) is 68.2 Å². The Morgan fingerprint density at radius 3 is 1.33 bits per heavy atom. The van der Waals surface area contributed by atoms with Gasteiger partial charge in [0.2, 0.25) is 0 Å². The molecular weight excluding hydrogens is 490 g/mol. The van der Waals surface area contributed by atoms with Crippen LogP contribution in [-0.2, 0) is 19.1 Å². The van der Waals surface area contributed by atoms with E-state index >= 15 is 0 Å². The van der Waals surface area contributed by atoms with Crippen molar-refractivity contribution in [2.45, 2.75) is 167 Å². The van der Waals surface area contributed by atoms with Gasteiger partial charge in [0.15, 0.2) is 0 Å². The summed E-state index contributed by atoms with van der Waals surface area (Å²) in [5, 5.41) is 7.33. The Balaban J connectivity index is 1.61. The number of rotatable bonds is 9. The molecule has 0 amide bonds. The average molecular weight is 550 g/mol. The van der Waals surface area contributed by atoms with Crippen LogP contribution in [0.3, 0.4) is 0 Å². The Hall–Kier alpha value is -1.18. The van der Waals surface area contributed by atoms with Crippen LogP contribution in [0.5, 0.6) is 0 Å². The first-order valence-electron chi connectivity index (χ1n) is 15.6.